The number of ether oxygens (including phenoxy) is 2. The summed E-state index contributed by atoms with van der Waals surface area (Å²) in [5.74, 6) is 1.28. The summed E-state index contributed by atoms with van der Waals surface area (Å²) in [5, 5.41) is 3.01. The third-order valence-electron chi connectivity index (χ3n) is 6.01. The zero-order valence-corrected chi connectivity index (χ0v) is 21.2. The van der Waals surface area contributed by atoms with Crippen molar-refractivity contribution in [1.82, 2.24) is 10.2 Å². The van der Waals surface area contributed by atoms with E-state index < -0.39 is 0 Å². The molecule has 5 nitrogen and oxygen atoms in total. The lowest BCUT2D eigenvalue weighted by molar-refractivity contribution is -0.118. The molecule has 6 heteroatoms. The molecule has 0 unspecified atom stereocenters. The lowest BCUT2D eigenvalue weighted by Gasteiger charge is -2.31. The Labute approximate surface area is 203 Å². The zero-order chi connectivity index (χ0) is 23.7. The molecule has 0 atom stereocenters. The van der Waals surface area contributed by atoms with Gasteiger partial charge in [-0.05, 0) is 60.7 Å². The van der Waals surface area contributed by atoms with Crippen molar-refractivity contribution in [1.29, 1.82) is 0 Å². The van der Waals surface area contributed by atoms with Gasteiger partial charge in [0.05, 0.1) is 5.75 Å². The fourth-order valence-corrected chi connectivity index (χ4v) is 4.54. The molecule has 1 aliphatic rings. The van der Waals surface area contributed by atoms with Gasteiger partial charge < -0.3 is 14.8 Å². The van der Waals surface area contributed by atoms with Gasteiger partial charge in [0, 0.05) is 37.2 Å². The first-order chi connectivity index (χ1) is 15.8. The molecular weight excluding hydrogens is 432 g/mol. The highest BCUT2D eigenvalue weighted by molar-refractivity contribution is 8.00. The number of rotatable bonds is 10. The minimum Gasteiger partial charge on any atom is -0.492 e. The summed E-state index contributed by atoms with van der Waals surface area (Å²) in [4.78, 5) is 15.8. The third-order valence-corrected chi connectivity index (χ3v) is 7.02. The summed E-state index contributed by atoms with van der Waals surface area (Å²) < 4.78 is 11.4. The average Bonchev–Trinajstić information content (AvgIpc) is 2.82. The van der Waals surface area contributed by atoms with Crippen LogP contribution in [0.1, 0.15) is 44.7 Å². The number of likely N-dealkylation sites (N-methyl/N-ethyl adjacent to an activating group) is 1. The van der Waals surface area contributed by atoms with Crippen LogP contribution in [0.3, 0.4) is 0 Å². The van der Waals surface area contributed by atoms with Crippen LogP contribution in [0, 0.1) is 0 Å². The minimum absolute atomic E-state index is 0.0318. The Hall–Kier alpha value is -2.02. The Balaban J connectivity index is 1.37. The molecule has 1 heterocycles. The van der Waals surface area contributed by atoms with Crippen molar-refractivity contribution >= 4 is 17.7 Å². The van der Waals surface area contributed by atoms with Crippen molar-refractivity contribution in [3.63, 3.8) is 0 Å². The molecule has 0 spiro atoms. The minimum atomic E-state index is 0.0318. The van der Waals surface area contributed by atoms with Crippen LogP contribution in [0.2, 0.25) is 0 Å². The summed E-state index contributed by atoms with van der Waals surface area (Å²) in [6.45, 7) is 10.4. The molecule has 1 amide bonds. The van der Waals surface area contributed by atoms with Crippen LogP contribution in [0.25, 0.3) is 0 Å². The fraction of sp³-hybridized carbons (Fsp3) is 0.519. The lowest BCUT2D eigenvalue weighted by atomic mass is 9.87. The number of amides is 1. The molecular formula is C27H38N2O3S. The summed E-state index contributed by atoms with van der Waals surface area (Å²) in [6, 6.07) is 17.0. The second kappa shape index (κ2) is 12.4. The normalized spacial score (nSPS) is 14.9. The maximum atomic E-state index is 12.3. The van der Waals surface area contributed by atoms with E-state index in [1.165, 1.54) is 5.56 Å². The van der Waals surface area contributed by atoms with Gasteiger partial charge in [-0.2, -0.15) is 0 Å². The van der Waals surface area contributed by atoms with Gasteiger partial charge in [0.25, 0.3) is 0 Å². The third kappa shape index (κ3) is 8.69. The van der Waals surface area contributed by atoms with Crippen molar-refractivity contribution in [3.8, 4) is 5.75 Å². The summed E-state index contributed by atoms with van der Waals surface area (Å²) >= 11 is 1.56. The van der Waals surface area contributed by atoms with Crippen molar-refractivity contribution in [2.24, 2.45) is 0 Å². The Bertz CT molecular complexity index is 874. The van der Waals surface area contributed by atoms with E-state index in [0.717, 1.165) is 48.8 Å². The molecule has 1 N–H and O–H groups in total. The molecule has 0 aliphatic carbocycles. The number of benzene rings is 2. The first-order valence-corrected chi connectivity index (χ1v) is 12.8. The average molecular weight is 471 g/mol. The first kappa shape index (κ1) is 25.6. The monoisotopic (exact) mass is 470 g/mol. The molecule has 1 aliphatic heterocycles. The van der Waals surface area contributed by atoms with Gasteiger partial charge in [-0.1, -0.05) is 45.0 Å². The molecule has 0 saturated carbocycles. The van der Waals surface area contributed by atoms with E-state index >= 15 is 0 Å². The maximum absolute atomic E-state index is 12.3. The van der Waals surface area contributed by atoms with Crippen molar-refractivity contribution in [2.75, 3.05) is 39.2 Å². The van der Waals surface area contributed by atoms with E-state index in [1.807, 2.05) is 24.3 Å². The van der Waals surface area contributed by atoms with Crippen LogP contribution < -0.4 is 10.1 Å². The second-order valence-corrected chi connectivity index (χ2v) is 10.7. The van der Waals surface area contributed by atoms with Crippen LogP contribution in [0.4, 0.5) is 0 Å². The van der Waals surface area contributed by atoms with Crippen LogP contribution >= 0.6 is 11.8 Å². The number of carbonyl (C=O) groups excluding carboxylic acids is 1. The zero-order valence-electron chi connectivity index (χ0n) is 20.4. The maximum Gasteiger partial charge on any atom is 0.230 e. The van der Waals surface area contributed by atoms with Crippen LogP contribution in [0.5, 0.6) is 5.75 Å². The van der Waals surface area contributed by atoms with E-state index in [2.05, 4.69) is 62.3 Å². The van der Waals surface area contributed by atoms with E-state index in [0.29, 0.717) is 24.9 Å². The van der Waals surface area contributed by atoms with Crippen LogP contribution in [0.15, 0.2) is 53.4 Å². The highest BCUT2D eigenvalue weighted by Gasteiger charge is 2.18. The number of hydrogen-bond acceptors (Lipinski definition) is 5. The molecule has 1 saturated heterocycles. The van der Waals surface area contributed by atoms with Crippen molar-refractivity contribution < 1.29 is 14.3 Å². The van der Waals surface area contributed by atoms with Gasteiger partial charge in [-0.15, -0.1) is 11.8 Å². The molecule has 33 heavy (non-hydrogen) atoms. The molecule has 180 valence electrons. The summed E-state index contributed by atoms with van der Waals surface area (Å²) in [6.07, 6.45) is 2.18. The molecule has 1 fully saturated rings. The smallest absolute Gasteiger partial charge is 0.230 e. The predicted molar refractivity (Wildman–Crippen MR) is 136 cm³/mol. The fourth-order valence-electron chi connectivity index (χ4n) is 3.81. The molecule has 2 aromatic rings. The molecule has 0 aromatic heterocycles. The number of thioether (sulfide) groups is 1. The van der Waals surface area contributed by atoms with Gasteiger partial charge in [0.15, 0.2) is 0 Å². The Morgan fingerprint density at radius 2 is 1.88 bits per heavy atom. The lowest BCUT2D eigenvalue weighted by Crippen LogP contribution is -2.38. The molecule has 0 bridgehead atoms. The van der Waals surface area contributed by atoms with Gasteiger partial charge in [-0.25, -0.2) is 0 Å². The highest BCUT2D eigenvalue weighted by atomic mass is 32.2. The highest BCUT2D eigenvalue weighted by Crippen LogP contribution is 2.25. The Morgan fingerprint density at radius 1 is 1.15 bits per heavy atom. The van der Waals surface area contributed by atoms with Gasteiger partial charge in [-0.3, -0.25) is 9.69 Å². The summed E-state index contributed by atoms with van der Waals surface area (Å²) in [7, 11) is 2.16. The van der Waals surface area contributed by atoms with E-state index in [1.54, 1.807) is 11.8 Å². The van der Waals surface area contributed by atoms with Gasteiger partial charge >= 0.3 is 0 Å². The first-order valence-electron chi connectivity index (χ1n) is 11.8. The van der Waals surface area contributed by atoms with Gasteiger partial charge in [0.1, 0.15) is 12.4 Å². The Kier molecular flexibility index (Phi) is 9.65. The van der Waals surface area contributed by atoms with Crippen molar-refractivity contribution in [3.05, 3.63) is 59.7 Å². The number of nitrogens with zero attached hydrogens (tertiary/aromatic N) is 1. The number of hydrogen-bond donors (Lipinski definition) is 1. The second-order valence-electron chi connectivity index (χ2n) is 9.66. The van der Waals surface area contributed by atoms with Gasteiger partial charge in [0.2, 0.25) is 5.91 Å². The Morgan fingerprint density at radius 3 is 2.58 bits per heavy atom. The summed E-state index contributed by atoms with van der Waals surface area (Å²) in [5.41, 5.74) is 2.48. The molecule has 3 rings (SSSR count). The quantitative estimate of drug-likeness (QED) is 0.502. The van der Waals surface area contributed by atoms with Crippen LogP contribution in [-0.4, -0.2) is 56.0 Å². The topological polar surface area (TPSA) is 50.8 Å². The number of nitrogens with one attached hydrogen (secondary N) is 1. The predicted octanol–water partition coefficient (Wildman–Crippen LogP) is 4.88. The molecule has 2 aromatic carbocycles. The SMILES string of the molecule is CN(CCOc1cccc(CNC(=O)CSc2ccc(C(C)(C)C)cc2)c1)C1CCOCC1. The van der Waals surface area contributed by atoms with Crippen LogP contribution in [-0.2, 0) is 21.5 Å². The van der Waals surface area contributed by atoms with E-state index in [9.17, 15) is 4.79 Å². The van der Waals surface area contributed by atoms with E-state index in [-0.39, 0.29) is 11.3 Å². The standard InChI is InChI=1S/C27H38N2O3S/c1-27(2,3)22-8-10-25(11-9-22)33-20-26(30)28-19-21-6-5-7-24(18-21)32-17-14-29(4)23-12-15-31-16-13-23/h5-11,18,23H,12-17,19-20H2,1-4H3,(H,28,30). The van der Waals surface area contributed by atoms with Crippen molar-refractivity contribution in [2.45, 2.75) is 56.5 Å². The largest absolute Gasteiger partial charge is 0.492 e. The molecule has 0 radical (unpaired) electrons. The van der Waals surface area contributed by atoms with E-state index in [4.69, 9.17) is 9.47 Å². The number of carbonyl (C=O) groups is 1.